The van der Waals surface area contributed by atoms with E-state index < -0.39 is 10.0 Å². The minimum absolute atomic E-state index is 0.0373. The van der Waals surface area contributed by atoms with E-state index in [1.165, 1.54) is 16.4 Å². The molecular formula is C18H26FN3O3S. The maximum atomic E-state index is 13.1. The number of hydrogen-bond donors (Lipinski definition) is 0. The molecule has 2 heterocycles. The van der Waals surface area contributed by atoms with E-state index in [1.807, 2.05) is 6.92 Å². The molecule has 0 aromatic heterocycles. The molecule has 2 aliphatic rings. The summed E-state index contributed by atoms with van der Waals surface area (Å²) < 4.78 is 39.3. The van der Waals surface area contributed by atoms with Crippen LogP contribution in [0.1, 0.15) is 25.3 Å². The highest BCUT2D eigenvalue weighted by Crippen LogP contribution is 2.21. The fourth-order valence-electron chi connectivity index (χ4n) is 3.71. The van der Waals surface area contributed by atoms with Crippen molar-refractivity contribution in [3.05, 3.63) is 35.6 Å². The largest absolute Gasteiger partial charge is 0.336 e. The molecule has 1 atom stereocenters. The third-order valence-corrected chi connectivity index (χ3v) is 7.20. The van der Waals surface area contributed by atoms with Crippen molar-refractivity contribution in [2.24, 2.45) is 0 Å². The monoisotopic (exact) mass is 383 g/mol. The van der Waals surface area contributed by atoms with Gasteiger partial charge in [0.25, 0.3) is 0 Å². The van der Waals surface area contributed by atoms with Crippen molar-refractivity contribution in [1.29, 1.82) is 0 Å². The summed E-state index contributed by atoms with van der Waals surface area (Å²) in [6.45, 7) is 5.08. The lowest BCUT2D eigenvalue weighted by molar-refractivity contribution is -0.142. The first-order chi connectivity index (χ1) is 12.4. The Kier molecular flexibility index (Phi) is 5.94. The average molecular weight is 383 g/mol. The first-order valence-corrected chi connectivity index (χ1v) is 10.8. The molecule has 1 aromatic carbocycles. The second-order valence-electron chi connectivity index (χ2n) is 6.94. The number of sulfonamides is 1. The third kappa shape index (κ3) is 4.24. The standard InChI is InChI=1S/C18H26FN3O3S/c1-2-13-26(24,25)22-8-7-17-18(23)21(10-9-20(17)11-12-22)14-15-3-5-16(19)6-4-15/h3-6,17H,2,7-14H2,1H3. The fourth-order valence-corrected chi connectivity index (χ4v) is 5.22. The molecule has 26 heavy (non-hydrogen) atoms. The maximum absolute atomic E-state index is 13.1. The molecule has 1 aromatic rings. The predicted octanol–water partition coefficient (Wildman–Crippen LogP) is 1.28. The van der Waals surface area contributed by atoms with Crippen molar-refractivity contribution < 1.29 is 17.6 Å². The van der Waals surface area contributed by atoms with Gasteiger partial charge in [0.2, 0.25) is 15.9 Å². The molecular weight excluding hydrogens is 357 g/mol. The highest BCUT2D eigenvalue weighted by Gasteiger charge is 2.38. The summed E-state index contributed by atoms with van der Waals surface area (Å²) in [6.07, 6.45) is 1.11. The number of piperazine rings is 1. The van der Waals surface area contributed by atoms with Gasteiger partial charge in [-0.15, -0.1) is 0 Å². The minimum Gasteiger partial charge on any atom is -0.336 e. The number of carbonyl (C=O) groups is 1. The minimum atomic E-state index is -3.24. The smallest absolute Gasteiger partial charge is 0.240 e. The number of rotatable bonds is 5. The van der Waals surface area contributed by atoms with Crippen LogP contribution >= 0.6 is 0 Å². The second kappa shape index (κ2) is 8.02. The number of benzene rings is 1. The van der Waals surface area contributed by atoms with Gasteiger partial charge in [0, 0.05) is 39.3 Å². The lowest BCUT2D eigenvalue weighted by atomic mass is 10.1. The molecule has 1 unspecified atom stereocenters. The van der Waals surface area contributed by atoms with Crippen LogP contribution in [-0.2, 0) is 21.4 Å². The highest BCUT2D eigenvalue weighted by molar-refractivity contribution is 7.89. The molecule has 0 bridgehead atoms. The molecule has 2 saturated heterocycles. The quantitative estimate of drug-likeness (QED) is 0.769. The molecule has 2 fully saturated rings. The molecule has 0 spiro atoms. The third-order valence-electron chi connectivity index (χ3n) is 5.13. The van der Waals surface area contributed by atoms with Gasteiger partial charge in [-0.3, -0.25) is 9.69 Å². The molecule has 0 aliphatic carbocycles. The van der Waals surface area contributed by atoms with E-state index in [9.17, 15) is 17.6 Å². The van der Waals surface area contributed by atoms with Gasteiger partial charge in [0.05, 0.1) is 11.8 Å². The predicted molar refractivity (Wildman–Crippen MR) is 97.4 cm³/mol. The van der Waals surface area contributed by atoms with Gasteiger partial charge in [-0.1, -0.05) is 19.1 Å². The SMILES string of the molecule is CCCS(=O)(=O)N1CCC2C(=O)N(Cc3ccc(F)cc3)CCN2CC1. The van der Waals surface area contributed by atoms with Crippen molar-refractivity contribution in [3.63, 3.8) is 0 Å². The number of halogens is 1. The van der Waals surface area contributed by atoms with E-state index in [-0.39, 0.29) is 23.5 Å². The van der Waals surface area contributed by atoms with Crippen molar-refractivity contribution in [2.75, 3.05) is 38.5 Å². The van der Waals surface area contributed by atoms with Crippen molar-refractivity contribution in [3.8, 4) is 0 Å². The second-order valence-corrected chi connectivity index (χ2v) is 9.03. The van der Waals surface area contributed by atoms with E-state index >= 15 is 0 Å². The van der Waals surface area contributed by atoms with E-state index in [0.717, 1.165) is 12.1 Å². The van der Waals surface area contributed by atoms with Gasteiger partial charge < -0.3 is 4.90 Å². The average Bonchev–Trinajstić information content (AvgIpc) is 2.83. The van der Waals surface area contributed by atoms with Crippen LogP contribution in [0.5, 0.6) is 0 Å². The first kappa shape index (κ1) is 19.3. The summed E-state index contributed by atoms with van der Waals surface area (Å²) in [5.74, 6) is -0.0974. The normalized spacial score (nSPS) is 22.9. The van der Waals surface area contributed by atoms with Crippen molar-refractivity contribution >= 4 is 15.9 Å². The molecule has 2 aliphatic heterocycles. The Labute approximate surface area is 154 Å². The van der Waals surface area contributed by atoms with Gasteiger partial charge in [0.15, 0.2) is 0 Å². The van der Waals surface area contributed by atoms with Crippen molar-refractivity contribution in [1.82, 2.24) is 14.1 Å². The van der Waals surface area contributed by atoms with Crippen LogP contribution < -0.4 is 0 Å². The Bertz CT molecular complexity index is 739. The van der Waals surface area contributed by atoms with Crippen LogP contribution in [0.4, 0.5) is 4.39 Å². The number of amides is 1. The summed E-state index contributed by atoms with van der Waals surface area (Å²) in [6, 6.07) is 5.92. The summed E-state index contributed by atoms with van der Waals surface area (Å²) in [5, 5.41) is 0. The Hall–Kier alpha value is -1.51. The van der Waals surface area contributed by atoms with Gasteiger partial charge in [-0.25, -0.2) is 17.1 Å². The number of nitrogens with zero attached hydrogens (tertiary/aromatic N) is 3. The summed E-state index contributed by atoms with van der Waals surface area (Å²) in [5.41, 5.74) is 0.897. The highest BCUT2D eigenvalue weighted by atomic mass is 32.2. The maximum Gasteiger partial charge on any atom is 0.240 e. The molecule has 3 rings (SSSR count). The molecule has 0 N–H and O–H groups in total. The first-order valence-electron chi connectivity index (χ1n) is 9.16. The van der Waals surface area contributed by atoms with E-state index in [4.69, 9.17) is 0 Å². The van der Waals surface area contributed by atoms with Crippen LogP contribution in [0.15, 0.2) is 24.3 Å². The van der Waals surface area contributed by atoms with E-state index in [1.54, 1.807) is 17.0 Å². The molecule has 0 saturated carbocycles. The fraction of sp³-hybridized carbons (Fsp3) is 0.611. The van der Waals surface area contributed by atoms with Gasteiger partial charge in [0.1, 0.15) is 5.82 Å². The Balaban J connectivity index is 1.66. The molecule has 0 radical (unpaired) electrons. The Morgan fingerprint density at radius 2 is 1.77 bits per heavy atom. The van der Waals surface area contributed by atoms with Crippen LogP contribution in [0, 0.1) is 5.82 Å². The zero-order chi connectivity index (χ0) is 18.7. The van der Waals surface area contributed by atoms with E-state index in [0.29, 0.717) is 45.6 Å². The number of carbonyl (C=O) groups excluding carboxylic acids is 1. The van der Waals surface area contributed by atoms with Crippen molar-refractivity contribution in [2.45, 2.75) is 32.4 Å². The van der Waals surface area contributed by atoms with Crippen LogP contribution in [0.2, 0.25) is 0 Å². The lowest BCUT2D eigenvalue weighted by Crippen LogP contribution is -2.56. The van der Waals surface area contributed by atoms with Gasteiger partial charge in [-0.05, 0) is 30.5 Å². The topological polar surface area (TPSA) is 60.9 Å². The van der Waals surface area contributed by atoms with Gasteiger partial charge >= 0.3 is 0 Å². The number of fused-ring (bicyclic) bond motifs is 1. The van der Waals surface area contributed by atoms with Crippen LogP contribution in [-0.4, -0.2) is 72.9 Å². The summed E-state index contributed by atoms with van der Waals surface area (Å²) >= 11 is 0. The molecule has 144 valence electrons. The van der Waals surface area contributed by atoms with Crippen LogP contribution in [0.3, 0.4) is 0 Å². The molecule has 8 heteroatoms. The molecule has 6 nitrogen and oxygen atoms in total. The van der Waals surface area contributed by atoms with Crippen LogP contribution in [0.25, 0.3) is 0 Å². The molecule has 1 amide bonds. The van der Waals surface area contributed by atoms with E-state index in [2.05, 4.69) is 4.90 Å². The lowest BCUT2D eigenvalue weighted by Gasteiger charge is -2.39. The summed E-state index contributed by atoms with van der Waals surface area (Å²) in [7, 11) is -3.24. The zero-order valence-electron chi connectivity index (χ0n) is 15.1. The van der Waals surface area contributed by atoms with Gasteiger partial charge in [-0.2, -0.15) is 0 Å². The Morgan fingerprint density at radius 3 is 2.46 bits per heavy atom. The Morgan fingerprint density at radius 1 is 1.08 bits per heavy atom. The summed E-state index contributed by atoms with van der Waals surface area (Å²) in [4.78, 5) is 16.8. The zero-order valence-corrected chi connectivity index (χ0v) is 15.9. The number of hydrogen-bond acceptors (Lipinski definition) is 4.